The Balaban J connectivity index is 3.11. The van der Waals surface area contributed by atoms with E-state index in [0.717, 1.165) is 0 Å². The fraction of sp³-hybridized carbons (Fsp3) is 0.667. The SMILES string of the molecule is CCC(=O)ONP=O. The van der Waals surface area contributed by atoms with E-state index in [4.69, 9.17) is 0 Å². The van der Waals surface area contributed by atoms with Crippen LogP contribution in [0.5, 0.6) is 0 Å². The Morgan fingerprint density at radius 2 is 2.50 bits per heavy atom. The molecule has 0 aliphatic rings. The minimum absolute atomic E-state index is 0.280. The zero-order valence-corrected chi connectivity index (χ0v) is 5.27. The van der Waals surface area contributed by atoms with Crippen LogP contribution in [0.15, 0.2) is 0 Å². The highest BCUT2D eigenvalue weighted by molar-refractivity contribution is 7.20. The lowest BCUT2D eigenvalue weighted by molar-refractivity contribution is -0.146. The van der Waals surface area contributed by atoms with Gasteiger partial charge in [-0.25, -0.2) is 0 Å². The lowest BCUT2D eigenvalue weighted by atomic mass is 10.5. The summed E-state index contributed by atoms with van der Waals surface area (Å²) < 4.78 is 9.53. The van der Waals surface area contributed by atoms with Crippen LogP contribution in [-0.4, -0.2) is 5.97 Å². The minimum Gasteiger partial charge on any atom is -0.360 e. The maximum absolute atomic E-state index is 10.1. The first-order chi connectivity index (χ1) is 3.81. The number of rotatable bonds is 3. The molecule has 0 aromatic heterocycles. The van der Waals surface area contributed by atoms with Gasteiger partial charge >= 0.3 is 5.97 Å². The van der Waals surface area contributed by atoms with E-state index in [9.17, 15) is 9.36 Å². The lowest BCUT2D eigenvalue weighted by Gasteiger charge is -1.92. The lowest BCUT2D eigenvalue weighted by Crippen LogP contribution is -2.08. The molecular formula is C3H6NO3P. The van der Waals surface area contributed by atoms with Crippen LogP contribution in [0.25, 0.3) is 0 Å². The number of hydrogen-bond donors (Lipinski definition) is 1. The first-order valence-corrected chi connectivity index (χ1v) is 2.89. The molecule has 8 heavy (non-hydrogen) atoms. The second-order valence-corrected chi connectivity index (χ2v) is 1.38. The topological polar surface area (TPSA) is 55.4 Å². The molecule has 0 rings (SSSR count). The second-order valence-electron chi connectivity index (χ2n) is 1.01. The Morgan fingerprint density at radius 3 is 2.88 bits per heavy atom. The molecule has 0 unspecified atom stereocenters. The van der Waals surface area contributed by atoms with E-state index in [1.807, 2.05) is 5.25 Å². The molecule has 0 heterocycles. The van der Waals surface area contributed by atoms with Gasteiger partial charge in [0.25, 0.3) is 8.61 Å². The van der Waals surface area contributed by atoms with E-state index in [0.29, 0.717) is 0 Å². The Labute approximate surface area is 48.4 Å². The highest BCUT2D eigenvalue weighted by Crippen LogP contribution is 1.84. The van der Waals surface area contributed by atoms with Crippen molar-refractivity contribution >= 4 is 14.6 Å². The van der Waals surface area contributed by atoms with E-state index in [-0.39, 0.29) is 6.42 Å². The molecule has 0 aliphatic heterocycles. The van der Waals surface area contributed by atoms with E-state index in [2.05, 4.69) is 4.84 Å². The van der Waals surface area contributed by atoms with Gasteiger partial charge in [-0.1, -0.05) is 12.2 Å². The van der Waals surface area contributed by atoms with Gasteiger partial charge in [-0.15, -0.1) is 0 Å². The molecule has 0 saturated heterocycles. The van der Waals surface area contributed by atoms with E-state index in [1.165, 1.54) is 0 Å². The molecule has 46 valence electrons. The zero-order valence-electron chi connectivity index (χ0n) is 4.38. The molecule has 0 aliphatic carbocycles. The van der Waals surface area contributed by atoms with Crippen molar-refractivity contribution in [3.63, 3.8) is 0 Å². The third kappa shape index (κ3) is 3.71. The van der Waals surface area contributed by atoms with E-state index in [1.54, 1.807) is 6.92 Å². The Bertz CT molecular complexity index is 94.5. The van der Waals surface area contributed by atoms with E-state index >= 15 is 0 Å². The predicted octanol–water partition coefficient (Wildman–Crippen LogP) is 0.651. The molecular weight excluding hydrogens is 129 g/mol. The van der Waals surface area contributed by atoms with Gasteiger partial charge in [0.1, 0.15) is 0 Å². The predicted molar refractivity (Wildman–Crippen MR) is 27.1 cm³/mol. The van der Waals surface area contributed by atoms with Gasteiger partial charge in [0.2, 0.25) is 0 Å². The number of hydrogen-bond acceptors (Lipinski definition) is 3. The largest absolute Gasteiger partial charge is 0.360 e. The van der Waals surface area contributed by atoms with Crippen LogP contribution in [-0.2, 0) is 14.2 Å². The average molecular weight is 135 g/mol. The summed E-state index contributed by atoms with van der Waals surface area (Å²) in [6.07, 6.45) is 0.280. The first-order valence-electron chi connectivity index (χ1n) is 2.08. The second kappa shape index (κ2) is 4.68. The van der Waals surface area contributed by atoms with Gasteiger partial charge in [-0.05, 0) is 0 Å². The molecule has 1 N–H and O–H groups in total. The number of carbonyl (C=O) groups is 1. The molecule has 4 nitrogen and oxygen atoms in total. The van der Waals surface area contributed by atoms with Crippen molar-refractivity contribution in [3.8, 4) is 0 Å². The van der Waals surface area contributed by atoms with Gasteiger partial charge in [-0.3, -0.25) is 9.36 Å². The van der Waals surface area contributed by atoms with Gasteiger partial charge in [0, 0.05) is 6.42 Å². The molecule has 0 bridgehead atoms. The summed E-state index contributed by atoms with van der Waals surface area (Å²) in [6.45, 7) is 1.64. The van der Waals surface area contributed by atoms with Crippen molar-refractivity contribution in [2.24, 2.45) is 0 Å². The standard InChI is InChI=1S/C3H6NO3P/c1-2-3(5)7-4-8-6/h2H2,1H3,(H,4,6). The monoisotopic (exact) mass is 135 g/mol. The van der Waals surface area contributed by atoms with Crippen molar-refractivity contribution in [1.82, 2.24) is 5.25 Å². The third-order valence-corrected chi connectivity index (χ3v) is 0.651. The van der Waals surface area contributed by atoms with Crippen LogP contribution in [0.4, 0.5) is 0 Å². The summed E-state index contributed by atoms with van der Waals surface area (Å²) in [6, 6.07) is 0. The summed E-state index contributed by atoms with van der Waals surface area (Å²) in [5.41, 5.74) is 0. The average Bonchev–Trinajstić information content (AvgIpc) is 1.83. The van der Waals surface area contributed by atoms with Gasteiger partial charge in [-0.2, -0.15) is 0 Å². The molecule has 0 aromatic rings. The molecule has 0 atom stereocenters. The van der Waals surface area contributed by atoms with Gasteiger partial charge in [0.15, 0.2) is 0 Å². The molecule has 0 amide bonds. The minimum atomic E-state index is -0.423. The molecule has 5 heteroatoms. The van der Waals surface area contributed by atoms with Crippen LogP contribution < -0.4 is 5.25 Å². The zero-order chi connectivity index (χ0) is 6.41. The summed E-state index contributed by atoms with van der Waals surface area (Å²) >= 11 is 0. The quantitative estimate of drug-likeness (QED) is 0.456. The first kappa shape index (κ1) is 7.53. The third-order valence-electron chi connectivity index (χ3n) is 0.485. The molecule has 0 radical (unpaired) electrons. The summed E-state index contributed by atoms with van der Waals surface area (Å²) in [5, 5.41) is 1.87. The van der Waals surface area contributed by atoms with Gasteiger partial charge in [0.05, 0.1) is 0 Å². The summed E-state index contributed by atoms with van der Waals surface area (Å²) in [4.78, 5) is 14.3. The van der Waals surface area contributed by atoms with Crippen LogP contribution in [0.1, 0.15) is 13.3 Å². The molecule has 0 aromatic carbocycles. The summed E-state index contributed by atoms with van der Waals surface area (Å²) in [5.74, 6) is -0.423. The van der Waals surface area contributed by atoms with Crippen LogP contribution in [0, 0.1) is 0 Å². The van der Waals surface area contributed by atoms with Crippen LogP contribution in [0.3, 0.4) is 0 Å². The Kier molecular flexibility index (Phi) is 4.41. The van der Waals surface area contributed by atoms with Crippen LogP contribution >= 0.6 is 8.61 Å². The normalized spacial score (nSPS) is 9.12. The van der Waals surface area contributed by atoms with Crippen molar-refractivity contribution in [3.05, 3.63) is 0 Å². The van der Waals surface area contributed by atoms with E-state index < -0.39 is 14.6 Å². The highest BCUT2D eigenvalue weighted by Gasteiger charge is 1.94. The Morgan fingerprint density at radius 1 is 1.88 bits per heavy atom. The van der Waals surface area contributed by atoms with Crippen molar-refractivity contribution in [2.45, 2.75) is 13.3 Å². The van der Waals surface area contributed by atoms with Crippen molar-refractivity contribution < 1.29 is 14.2 Å². The maximum atomic E-state index is 10.1. The smallest absolute Gasteiger partial charge is 0.325 e. The molecule has 0 spiro atoms. The van der Waals surface area contributed by atoms with Crippen LogP contribution in [0.2, 0.25) is 0 Å². The Hall–Kier alpha value is -0.470. The van der Waals surface area contributed by atoms with Gasteiger partial charge < -0.3 is 4.84 Å². The fourth-order valence-electron chi connectivity index (χ4n) is 0.142. The number of carbonyl (C=O) groups excluding carboxylic acids is 1. The highest BCUT2D eigenvalue weighted by atomic mass is 31.1. The molecule has 0 saturated carbocycles. The maximum Gasteiger partial charge on any atom is 0.325 e. The van der Waals surface area contributed by atoms with Crippen molar-refractivity contribution in [1.29, 1.82) is 0 Å². The van der Waals surface area contributed by atoms with Crippen molar-refractivity contribution in [2.75, 3.05) is 0 Å². The number of nitrogens with one attached hydrogen (secondary N) is 1. The fourth-order valence-corrected chi connectivity index (χ4v) is 0.281. The molecule has 0 fully saturated rings. The summed E-state index contributed by atoms with van der Waals surface area (Å²) in [7, 11) is -0.394.